The minimum absolute atomic E-state index is 0.104. The molecule has 6 nitrogen and oxygen atoms in total. The monoisotopic (exact) mass is 444 g/mol. The van der Waals surface area contributed by atoms with Crippen LogP contribution in [-0.2, 0) is 6.42 Å². The molecule has 0 aliphatic carbocycles. The van der Waals surface area contributed by atoms with Gasteiger partial charge in [-0.25, -0.2) is 14.4 Å². The molecular weight excluding hydrogens is 423 g/mol. The maximum atomic E-state index is 14.5. The highest BCUT2D eigenvalue weighted by atomic mass is 32.1. The maximum absolute atomic E-state index is 14.5. The summed E-state index contributed by atoms with van der Waals surface area (Å²) in [6.07, 6.45) is 7.24. The van der Waals surface area contributed by atoms with E-state index in [2.05, 4.69) is 32.4 Å². The summed E-state index contributed by atoms with van der Waals surface area (Å²) >= 11 is 1.55. The number of hydrogen-bond acceptors (Lipinski definition) is 6. The zero-order valence-electron chi connectivity index (χ0n) is 17.1. The Labute approximate surface area is 188 Å². The number of fused-ring (bicyclic) bond motifs is 1. The lowest BCUT2D eigenvalue weighted by molar-refractivity contribution is 0.623. The van der Waals surface area contributed by atoms with Gasteiger partial charge < -0.3 is 16.0 Å². The quantitative estimate of drug-likeness (QED) is 0.333. The first-order valence-electron chi connectivity index (χ1n) is 10.2. The molecule has 0 amide bonds. The zero-order valence-corrected chi connectivity index (χ0v) is 17.9. The third kappa shape index (κ3) is 4.10. The fourth-order valence-electron chi connectivity index (χ4n) is 3.63. The van der Waals surface area contributed by atoms with Crippen LogP contribution in [0.1, 0.15) is 5.56 Å². The molecule has 1 aromatic carbocycles. The molecule has 0 aliphatic rings. The van der Waals surface area contributed by atoms with E-state index in [9.17, 15) is 4.39 Å². The Hall–Kier alpha value is -3.62. The van der Waals surface area contributed by atoms with E-state index in [4.69, 9.17) is 10.7 Å². The normalized spacial score (nSPS) is 12.2. The number of anilines is 1. The summed E-state index contributed by atoms with van der Waals surface area (Å²) in [4.78, 5) is 16.3. The predicted octanol–water partition coefficient (Wildman–Crippen LogP) is 4.87. The van der Waals surface area contributed by atoms with Crippen LogP contribution in [0.25, 0.3) is 32.7 Å². The molecule has 0 radical (unpaired) electrons. The van der Waals surface area contributed by atoms with Crippen LogP contribution in [0.5, 0.6) is 0 Å². The van der Waals surface area contributed by atoms with Gasteiger partial charge >= 0.3 is 0 Å². The van der Waals surface area contributed by atoms with E-state index >= 15 is 0 Å². The number of rotatable bonds is 7. The molecule has 5 rings (SSSR count). The van der Waals surface area contributed by atoms with Gasteiger partial charge in [0.2, 0.25) is 0 Å². The molecule has 1 unspecified atom stereocenters. The van der Waals surface area contributed by atoms with Crippen LogP contribution in [0.3, 0.4) is 0 Å². The van der Waals surface area contributed by atoms with Gasteiger partial charge in [0.05, 0.1) is 22.0 Å². The molecule has 5 aromatic rings. The van der Waals surface area contributed by atoms with Gasteiger partial charge in [0.1, 0.15) is 5.82 Å². The van der Waals surface area contributed by atoms with Crippen molar-refractivity contribution in [2.24, 2.45) is 5.73 Å². The minimum Gasteiger partial charge on any atom is -0.367 e. The molecule has 32 heavy (non-hydrogen) atoms. The van der Waals surface area contributed by atoms with Crippen molar-refractivity contribution in [1.82, 2.24) is 19.9 Å². The highest BCUT2D eigenvalue weighted by molar-refractivity contribution is 7.18. The third-order valence-corrected chi connectivity index (χ3v) is 6.19. The number of H-pyrrole nitrogens is 1. The van der Waals surface area contributed by atoms with Crippen LogP contribution in [0.2, 0.25) is 0 Å². The summed E-state index contributed by atoms with van der Waals surface area (Å²) in [6.45, 7) is 0.524. The molecule has 4 aromatic heterocycles. The highest BCUT2D eigenvalue weighted by Crippen LogP contribution is 2.37. The second kappa shape index (κ2) is 8.86. The van der Waals surface area contributed by atoms with Crippen molar-refractivity contribution in [2.75, 3.05) is 11.9 Å². The molecule has 160 valence electrons. The minimum atomic E-state index is -0.461. The van der Waals surface area contributed by atoms with Crippen molar-refractivity contribution in [3.05, 3.63) is 84.0 Å². The average Bonchev–Trinajstić information content (AvgIpc) is 3.48. The second-order valence-corrected chi connectivity index (χ2v) is 8.39. The Bertz CT molecular complexity index is 1330. The van der Waals surface area contributed by atoms with Crippen molar-refractivity contribution in [3.8, 4) is 22.5 Å². The number of nitrogens with two attached hydrogens (primary N) is 1. The van der Waals surface area contributed by atoms with Gasteiger partial charge in [-0.3, -0.25) is 4.98 Å². The smallest absolute Gasteiger partial charge is 0.165 e. The maximum Gasteiger partial charge on any atom is 0.165 e. The lowest BCUT2D eigenvalue weighted by Gasteiger charge is -2.15. The first kappa shape index (κ1) is 20.3. The van der Waals surface area contributed by atoms with E-state index < -0.39 is 5.82 Å². The van der Waals surface area contributed by atoms with Crippen LogP contribution in [0.4, 0.5) is 10.2 Å². The highest BCUT2D eigenvalue weighted by Gasteiger charge is 2.18. The van der Waals surface area contributed by atoms with Crippen LogP contribution >= 0.6 is 11.3 Å². The number of hydrogen-bond donors (Lipinski definition) is 3. The van der Waals surface area contributed by atoms with Crippen LogP contribution in [0, 0.1) is 5.82 Å². The van der Waals surface area contributed by atoms with E-state index in [1.54, 1.807) is 17.4 Å². The molecule has 0 aliphatic heterocycles. The van der Waals surface area contributed by atoms with Crippen molar-refractivity contribution < 1.29 is 4.39 Å². The Morgan fingerprint density at radius 2 is 1.97 bits per heavy atom. The summed E-state index contributed by atoms with van der Waals surface area (Å²) < 4.78 is 15.4. The van der Waals surface area contributed by atoms with Crippen LogP contribution in [0.15, 0.2) is 72.6 Å². The fraction of sp³-hybridized carbons (Fsp3) is 0.125. The van der Waals surface area contributed by atoms with Crippen molar-refractivity contribution >= 4 is 27.4 Å². The van der Waals surface area contributed by atoms with Crippen molar-refractivity contribution in [2.45, 2.75) is 12.5 Å². The topological polar surface area (TPSA) is 92.5 Å². The van der Waals surface area contributed by atoms with E-state index in [0.717, 1.165) is 27.8 Å². The van der Waals surface area contributed by atoms with Crippen LogP contribution in [-0.4, -0.2) is 32.5 Å². The molecule has 1 atom stereocenters. The fourth-order valence-corrected chi connectivity index (χ4v) is 4.61. The first-order chi connectivity index (χ1) is 15.7. The van der Waals surface area contributed by atoms with Gasteiger partial charge in [0, 0.05) is 47.7 Å². The largest absolute Gasteiger partial charge is 0.367 e. The Kier molecular flexibility index (Phi) is 5.62. The third-order valence-electron chi connectivity index (χ3n) is 5.21. The van der Waals surface area contributed by atoms with Gasteiger partial charge in [0.15, 0.2) is 11.6 Å². The molecule has 8 heteroatoms. The number of aromatic amines is 1. The van der Waals surface area contributed by atoms with Gasteiger partial charge in [-0.1, -0.05) is 30.3 Å². The molecule has 4 N–H and O–H groups in total. The molecule has 0 spiro atoms. The lowest BCUT2D eigenvalue weighted by Crippen LogP contribution is -2.31. The zero-order chi connectivity index (χ0) is 21.9. The van der Waals surface area contributed by atoms with Gasteiger partial charge in [-0.15, -0.1) is 11.3 Å². The van der Waals surface area contributed by atoms with Gasteiger partial charge in [0.25, 0.3) is 0 Å². The van der Waals surface area contributed by atoms with Crippen molar-refractivity contribution in [3.63, 3.8) is 0 Å². The number of pyridine rings is 1. The van der Waals surface area contributed by atoms with Crippen LogP contribution < -0.4 is 11.1 Å². The molecule has 0 bridgehead atoms. The number of thiophene rings is 1. The number of aromatic nitrogens is 4. The number of halogens is 1. The second-order valence-electron chi connectivity index (χ2n) is 7.51. The van der Waals surface area contributed by atoms with E-state index in [1.165, 1.54) is 18.0 Å². The average molecular weight is 445 g/mol. The lowest BCUT2D eigenvalue weighted by atomic mass is 10.1. The summed E-state index contributed by atoms with van der Waals surface area (Å²) in [5.41, 5.74) is 10.6. The van der Waals surface area contributed by atoms with Crippen molar-refractivity contribution in [1.29, 1.82) is 0 Å². The molecule has 0 fully saturated rings. The molecule has 4 heterocycles. The number of nitrogens with zero attached hydrogens (tertiary/aromatic N) is 3. The van der Waals surface area contributed by atoms with E-state index in [0.29, 0.717) is 23.8 Å². The Morgan fingerprint density at radius 1 is 1.09 bits per heavy atom. The summed E-state index contributed by atoms with van der Waals surface area (Å²) in [7, 11) is 0. The SMILES string of the molecule is NC(CNc1nc(-c2ccncc2F)nc2c(-c3cc[nH]c3)csc12)Cc1ccccc1. The summed E-state index contributed by atoms with van der Waals surface area (Å²) in [5, 5.41) is 5.43. The molecular formula is C24H21FN6S. The standard InChI is InChI=1S/C24H21FN6S/c25-20-13-28-9-7-18(20)23-30-21-19(16-6-8-27-11-16)14-32-22(21)24(31-23)29-12-17(26)10-15-4-2-1-3-5-15/h1-9,11,13-14,17,27H,10,12,26H2,(H,29,30,31). The molecule has 0 saturated heterocycles. The predicted molar refractivity (Wildman–Crippen MR) is 127 cm³/mol. The first-order valence-corrected chi connectivity index (χ1v) is 11.1. The Balaban J connectivity index is 1.51. The van der Waals surface area contributed by atoms with Gasteiger partial charge in [-0.05, 0) is 24.1 Å². The number of benzene rings is 1. The summed E-state index contributed by atoms with van der Waals surface area (Å²) in [6, 6.07) is 13.6. The van der Waals surface area contributed by atoms with E-state index in [-0.39, 0.29) is 6.04 Å². The van der Waals surface area contributed by atoms with E-state index in [1.807, 2.05) is 42.0 Å². The molecule has 0 saturated carbocycles. The summed E-state index contributed by atoms with van der Waals surface area (Å²) in [5.74, 6) is 0.500. The van der Waals surface area contributed by atoms with Gasteiger partial charge in [-0.2, -0.15) is 0 Å². The Morgan fingerprint density at radius 3 is 2.75 bits per heavy atom. The number of nitrogens with one attached hydrogen (secondary N) is 2.